The molecule has 0 heterocycles. The van der Waals surface area contributed by atoms with E-state index in [4.69, 9.17) is 5.11 Å². The van der Waals surface area contributed by atoms with Crippen LogP contribution in [-0.2, 0) is 23.9 Å². The Morgan fingerprint density at radius 1 is 1.36 bits per heavy atom. The number of carbonyl (C=O) groups excluding carboxylic acids is 2. The number of aliphatic carboxylic acids is 1. The van der Waals surface area contributed by atoms with Crippen molar-refractivity contribution in [3.63, 3.8) is 0 Å². The maximum absolute atomic E-state index is 11.1. The number of carboxylic acid groups (broad SMARTS) is 1. The van der Waals surface area contributed by atoms with E-state index < -0.39 is 30.4 Å². The van der Waals surface area contributed by atoms with Crippen LogP contribution in [0.3, 0.4) is 0 Å². The standard InChI is InChI=1S/C8H12O6/c1-3-13-8(12)6(4-7(10)11)14-5(2)9/h6H,3-4H2,1-2H3,(H,10,11). The first-order chi connectivity index (χ1) is 6.47. The van der Waals surface area contributed by atoms with Gasteiger partial charge in [-0.1, -0.05) is 0 Å². The summed E-state index contributed by atoms with van der Waals surface area (Å²) in [6.45, 7) is 2.77. The topological polar surface area (TPSA) is 89.9 Å². The molecule has 14 heavy (non-hydrogen) atoms. The first-order valence-electron chi connectivity index (χ1n) is 4.03. The molecule has 0 aromatic rings. The fraction of sp³-hybridized carbons (Fsp3) is 0.625. The average molecular weight is 204 g/mol. The summed E-state index contributed by atoms with van der Waals surface area (Å²) in [4.78, 5) is 31.9. The summed E-state index contributed by atoms with van der Waals surface area (Å²) in [5.74, 6) is -2.79. The molecule has 0 amide bonds. The highest BCUT2D eigenvalue weighted by Gasteiger charge is 2.25. The fourth-order valence-corrected chi connectivity index (χ4v) is 0.767. The molecule has 0 saturated carbocycles. The van der Waals surface area contributed by atoms with E-state index in [2.05, 4.69) is 9.47 Å². The summed E-state index contributed by atoms with van der Waals surface area (Å²) in [7, 11) is 0. The van der Waals surface area contributed by atoms with Crippen molar-refractivity contribution in [3.8, 4) is 0 Å². The lowest BCUT2D eigenvalue weighted by molar-refractivity contribution is -0.169. The van der Waals surface area contributed by atoms with Gasteiger partial charge in [-0.15, -0.1) is 0 Å². The van der Waals surface area contributed by atoms with Crippen molar-refractivity contribution in [2.45, 2.75) is 26.4 Å². The molecule has 0 bridgehead atoms. The predicted octanol–water partition coefficient (Wildman–Crippen LogP) is -0.0441. The summed E-state index contributed by atoms with van der Waals surface area (Å²) in [6.07, 6.45) is -1.94. The summed E-state index contributed by atoms with van der Waals surface area (Å²) in [5, 5.41) is 8.41. The van der Waals surface area contributed by atoms with Gasteiger partial charge >= 0.3 is 17.9 Å². The van der Waals surface area contributed by atoms with Gasteiger partial charge in [0.15, 0.2) is 0 Å². The largest absolute Gasteiger partial charge is 0.481 e. The molecule has 0 aromatic carbocycles. The van der Waals surface area contributed by atoms with Crippen molar-refractivity contribution in [1.29, 1.82) is 0 Å². The molecule has 0 fully saturated rings. The molecule has 0 aliphatic carbocycles. The zero-order chi connectivity index (χ0) is 11.1. The van der Waals surface area contributed by atoms with E-state index in [0.29, 0.717) is 0 Å². The lowest BCUT2D eigenvalue weighted by Gasteiger charge is -2.12. The minimum Gasteiger partial charge on any atom is -0.481 e. The van der Waals surface area contributed by atoms with Crippen LogP contribution in [0.25, 0.3) is 0 Å². The normalized spacial score (nSPS) is 11.6. The van der Waals surface area contributed by atoms with Crippen molar-refractivity contribution in [2.24, 2.45) is 0 Å². The Morgan fingerprint density at radius 2 is 1.93 bits per heavy atom. The Labute approximate surface area is 80.8 Å². The van der Waals surface area contributed by atoms with Gasteiger partial charge in [0.25, 0.3) is 0 Å². The second kappa shape index (κ2) is 5.95. The van der Waals surface area contributed by atoms with E-state index in [9.17, 15) is 14.4 Å². The van der Waals surface area contributed by atoms with Crippen LogP contribution in [0.1, 0.15) is 20.3 Å². The van der Waals surface area contributed by atoms with Crippen molar-refractivity contribution in [3.05, 3.63) is 0 Å². The zero-order valence-corrected chi connectivity index (χ0v) is 7.98. The third kappa shape index (κ3) is 5.13. The Balaban J connectivity index is 4.29. The molecular weight excluding hydrogens is 192 g/mol. The van der Waals surface area contributed by atoms with Crippen LogP contribution in [-0.4, -0.2) is 35.7 Å². The van der Waals surface area contributed by atoms with Gasteiger partial charge in [-0.05, 0) is 6.92 Å². The van der Waals surface area contributed by atoms with Crippen LogP contribution in [0, 0.1) is 0 Å². The van der Waals surface area contributed by atoms with Gasteiger partial charge < -0.3 is 14.6 Å². The fourth-order valence-electron chi connectivity index (χ4n) is 0.767. The van der Waals surface area contributed by atoms with Gasteiger partial charge in [0.05, 0.1) is 13.0 Å². The summed E-state index contributed by atoms with van der Waals surface area (Å²) in [5.41, 5.74) is 0. The predicted molar refractivity (Wildman–Crippen MR) is 44.4 cm³/mol. The van der Waals surface area contributed by atoms with Gasteiger partial charge in [-0.25, -0.2) is 4.79 Å². The van der Waals surface area contributed by atoms with Gasteiger partial charge in [-0.3, -0.25) is 9.59 Å². The second-order valence-electron chi connectivity index (χ2n) is 2.45. The number of esters is 2. The Morgan fingerprint density at radius 3 is 2.29 bits per heavy atom. The Kier molecular flexibility index (Phi) is 5.28. The van der Waals surface area contributed by atoms with Crippen LogP contribution >= 0.6 is 0 Å². The van der Waals surface area contributed by atoms with Crippen LogP contribution < -0.4 is 0 Å². The minimum atomic E-state index is -1.36. The van der Waals surface area contributed by atoms with Crippen LogP contribution in [0.4, 0.5) is 0 Å². The Hall–Kier alpha value is -1.59. The molecule has 0 saturated heterocycles. The van der Waals surface area contributed by atoms with E-state index in [1.54, 1.807) is 6.92 Å². The van der Waals surface area contributed by atoms with Crippen molar-refractivity contribution >= 4 is 17.9 Å². The quantitative estimate of drug-likeness (QED) is 0.632. The minimum absolute atomic E-state index is 0.107. The summed E-state index contributed by atoms with van der Waals surface area (Å²) in [6, 6.07) is 0. The molecule has 0 aliphatic heterocycles. The zero-order valence-electron chi connectivity index (χ0n) is 7.98. The number of ether oxygens (including phenoxy) is 2. The molecular formula is C8H12O6. The maximum atomic E-state index is 11.1. The molecule has 6 nitrogen and oxygen atoms in total. The molecule has 6 heteroatoms. The number of hydrogen-bond acceptors (Lipinski definition) is 5. The highest BCUT2D eigenvalue weighted by atomic mass is 16.6. The SMILES string of the molecule is CCOC(=O)C(CC(=O)O)OC(C)=O. The smallest absolute Gasteiger partial charge is 0.348 e. The van der Waals surface area contributed by atoms with E-state index in [-0.39, 0.29) is 6.61 Å². The van der Waals surface area contributed by atoms with Crippen molar-refractivity contribution < 1.29 is 29.0 Å². The summed E-state index contributed by atoms with van der Waals surface area (Å²) < 4.78 is 9.01. The monoisotopic (exact) mass is 204 g/mol. The van der Waals surface area contributed by atoms with Crippen LogP contribution in [0.15, 0.2) is 0 Å². The number of carboxylic acids is 1. The van der Waals surface area contributed by atoms with E-state index >= 15 is 0 Å². The van der Waals surface area contributed by atoms with Crippen molar-refractivity contribution in [2.75, 3.05) is 6.61 Å². The van der Waals surface area contributed by atoms with E-state index in [1.165, 1.54) is 0 Å². The van der Waals surface area contributed by atoms with Crippen molar-refractivity contribution in [1.82, 2.24) is 0 Å². The van der Waals surface area contributed by atoms with Crippen LogP contribution in [0.5, 0.6) is 0 Å². The molecule has 0 rings (SSSR count). The highest BCUT2D eigenvalue weighted by molar-refractivity contribution is 5.83. The third-order valence-electron chi connectivity index (χ3n) is 1.22. The van der Waals surface area contributed by atoms with Gasteiger partial charge in [0.1, 0.15) is 0 Å². The third-order valence-corrected chi connectivity index (χ3v) is 1.22. The first kappa shape index (κ1) is 12.4. The number of hydrogen-bond donors (Lipinski definition) is 1. The van der Waals surface area contributed by atoms with E-state index in [1.807, 2.05) is 0 Å². The molecule has 0 radical (unpaired) electrons. The molecule has 1 atom stereocenters. The lowest BCUT2D eigenvalue weighted by atomic mass is 10.2. The molecule has 0 spiro atoms. The van der Waals surface area contributed by atoms with E-state index in [0.717, 1.165) is 6.92 Å². The maximum Gasteiger partial charge on any atom is 0.348 e. The molecule has 80 valence electrons. The average Bonchev–Trinajstić information content (AvgIpc) is 2.01. The van der Waals surface area contributed by atoms with Gasteiger partial charge in [0, 0.05) is 6.92 Å². The second-order valence-corrected chi connectivity index (χ2v) is 2.45. The van der Waals surface area contributed by atoms with Crippen LogP contribution in [0.2, 0.25) is 0 Å². The highest BCUT2D eigenvalue weighted by Crippen LogP contribution is 2.02. The van der Waals surface area contributed by atoms with Gasteiger partial charge in [-0.2, -0.15) is 0 Å². The first-order valence-corrected chi connectivity index (χ1v) is 4.03. The summed E-state index contributed by atoms with van der Waals surface area (Å²) >= 11 is 0. The molecule has 1 unspecified atom stereocenters. The molecule has 1 N–H and O–H groups in total. The lowest BCUT2D eigenvalue weighted by Crippen LogP contribution is -2.30. The number of rotatable bonds is 5. The molecule has 0 aliphatic rings. The Bertz CT molecular complexity index is 218. The van der Waals surface area contributed by atoms with Gasteiger partial charge in [0.2, 0.25) is 6.10 Å². The number of carbonyl (C=O) groups is 3. The molecule has 0 aromatic heterocycles.